The lowest BCUT2D eigenvalue weighted by Crippen LogP contribution is -2.00. The summed E-state index contributed by atoms with van der Waals surface area (Å²) in [6.07, 6.45) is 3.08. The Hall–Kier alpha value is -2.42. The zero-order valence-electron chi connectivity index (χ0n) is 11.2. The van der Waals surface area contributed by atoms with Gasteiger partial charge < -0.3 is 4.74 Å². The van der Waals surface area contributed by atoms with E-state index < -0.39 is 5.97 Å². The molecule has 2 nitrogen and oxygen atoms in total. The first kappa shape index (κ1) is 14.0. The first-order chi connectivity index (χ1) is 9.63. The van der Waals surface area contributed by atoms with Crippen LogP contribution in [0.5, 0.6) is 0 Å². The highest BCUT2D eigenvalue weighted by atomic mass is 19.1. The third-order valence-corrected chi connectivity index (χ3v) is 2.78. The summed E-state index contributed by atoms with van der Waals surface area (Å²) in [5, 5.41) is 0. The maximum Gasteiger partial charge on any atom is 0.331 e. The van der Waals surface area contributed by atoms with Crippen molar-refractivity contribution < 1.29 is 13.9 Å². The van der Waals surface area contributed by atoms with Crippen LogP contribution in [0.1, 0.15) is 16.7 Å². The number of ether oxygens (including phenoxy) is 1. The molecule has 20 heavy (non-hydrogen) atoms. The first-order valence-corrected chi connectivity index (χ1v) is 6.29. The third kappa shape index (κ3) is 4.35. The highest BCUT2D eigenvalue weighted by Gasteiger charge is 1.99. The van der Waals surface area contributed by atoms with Gasteiger partial charge in [0.1, 0.15) is 12.4 Å². The summed E-state index contributed by atoms with van der Waals surface area (Å²) in [7, 11) is 0. The number of aryl methyl sites for hydroxylation is 1. The minimum atomic E-state index is -0.421. The fraction of sp³-hybridized carbons (Fsp3) is 0.118. The second-order valence-electron chi connectivity index (χ2n) is 4.48. The van der Waals surface area contributed by atoms with E-state index in [0.717, 1.165) is 11.1 Å². The van der Waals surface area contributed by atoms with Crippen molar-refractivity contribution in [3.8, 4) is 0 Å². The molecule has 0 aliphatic rings. The number of halogens is 1. The fourth-order valence-corrected chi connectivity index (χ4v) is 1.63. The maximum absolute atomic E-state index is 12.7. The summed E-state index contributed by atoms with van der Waals surface area (Å²) in [5.41, 5.74) is 2.86. The molecule has 0 N–H and O–H groups in total. The smallest absolute Gasteiger partial charge is 0.331 e. The molecule has 0 aliphatic heterocycles. The van der Waals surface area contributed by atoms with Crippen LogP contribution < -0.4 is 0 Å². The van der Waals surface area contributed by atoms with Gasteiger partial charge in [-0.3, -0.25) is 0 Å². The largest absolute Gasteiger partial charge is 0.458 e. The van der Waals surface area contributed by atoms with E-state index in [1.807, 2.05) is 31.2 Å². The van der Waals surface area contributed by atoms with E-state index in [1.54, 1.807) is 18.2 Å². The summed E-state index contributed by atoms with van der Waals surface area (Å²) >= 11 is 0. The van der Waals surface area contributed by atoms with Crippen LogP contribution >= 0.6 is 0 Å². The second kappa shape index (κ2) is 6.66. The van der Waals surface area contributed by atoms with Crippen molar-refractivity contribution in [2.45, 2.75) is 13.5 Å². The molecule has 0 bridgehead atoms. The molecule has 0 radical (unpaired) electrons. The van der Waals surface area contributed by atoms with Gasteiger partial charge in [-0.05, 0) is 36.3 Å². The molecule has 3 heteroatoms. The van der Waals surface area contributed by atoms with Gasteiger partial charge in [0.05, 0.1) is 0 Å². The van der Waals surface area contributed by atoms with E-state index in [1.165, 1.54) is 23.8 Å². The molecule has 0 aromatic heterocycles. The number of carbonyl (C=O) groups is 1. The van der Waals surface area contributed by atoms with Crippen molar-refractivity contribution in [3.05, 3.63) is 77.1 Å². The van der Waals surface area contributed by atoms with Crippen LogP contribution in [0.2, 0.25) is 0 Å². The monoisotopic (exact) mass is 270 g/mol. The van der Waals surface area contributed by atoms with Gasteiger partial charge in [-0.2, -0.15) is 0 Å². The molecule has 0 spiro atoms. The number of rotatable bonds is 4. The Labute approximate surface area is 117 Å². The molecular formula is C17H15FO2. The molecule has 0 atom stereocenters. The molecule has 0 aliphatic carbocycles. The average molecular weight is 270 g/mol. The summed E-state index contributed by atoms with van der Waals surface area (Å²) in [6, 6.07) is 13.7. The van der Waals surface area contributed by atoms with Gasteiger partial charge >= 0.3 is 5.97 Å². The van der Waals surface area contributed by atoms with Gasteiger partial charge in [-0.15, -0.1) is 0 Å². The van der Waals surface area contributed by atoms with Crippen molar-refractivity contribution in [1.82, 2.24) is 0 Å². The molecule has 0 saturated carbocycles. The standard InChI is InChI=1S/C17H15FO2/c1-13-2-4-14(5-3-13)8-11-17(19)20-12-15-6-9-16(18)10-7-15/h2-11H,12H2,1H3. The van der Waals surface area contributed by atoms with Gasteiger partial charge in [0.2, 0.25) is 0 Å². The number of hydrogen-bond acceptors (Lipinski definition) is 2. The van der Waals surface area contributed by atoms with Crippen LogP contribution in [0.3, 0.4) is 0 Å². The molecule has 102 valence electrons. The van der Waals surface area contributed by atoms with Gasteiger partial charge in [0.15, 0.2) is 0 Å². The highest BCUT2D eigenvalue weighted by molar-refractivity contribution is 5.87. The molecule has 0 amide bonds. The molecule has 2 aromatic carbocycles. The number of esters is 1. The van der Waals surface area contributed by atoms with Crippen molar-refractivity contribution in [3.63, 3.8) is 0 Å². The number of carbonyl (C=O) groups excluding carboxylic acids is 1. The van der Waals surface area contributed by atoms with E-state index in [2.05, 4.69) is 0 Å². The number of benzene rings is 2. The van der Waals surface area contributed by atoms with Crippen LogP contribution in [0, 0.1) is 12.7 Å². The van der Waals surface area contributed by atoms with Crippen molar-refractivity contribution >= 4 is 12.0 Å². The average Bonchev–Trinajstić information content (AvgIpc) is 2.46. The number of hydrogen-bond donors (Lipinski definition) is 0. The predicted octanol–water partition coefficient (Wildman–Crippen LogP) is 3.89. The van der Waals surface area contributed by atoms with Crippen molar-refractivity contribution in [1.29, 1.82) is 0 Å². The quantitative estimate of drug-likeness (QED) is 0.622. The van der Waals surface area contributed by atoms with Gasteiger partial charge in [0, 0.05) is 6.08 Å². The van der Waals surface area contributed by atoms with Crippen LogP contribution in [0.25, 0.3) is 6.08 Å². The zero-order valence-corrected chi connectivity index (χ0v) is 11.2. The lowest BCUT2D eigenvalue weighted by atomic mass is 10.1. The SMILES string of the molecule is Cc1ccc(C=CC(=O)OCc2ccc(F)cc2)cc1. The van der Waals surface area contributed by atoms with Crippen LogP contribution in [-0.4, -0.2) is 5.97 Å². The Morgan fingerprint density at radius 1 is 1.10 bits per heavy atom. The van der Waals surface area contributed by atoms with Crippen LogP contribution in [0.15, 0.2) is 54.6 Å². The molecule has 0 fully saturated rings. The Balaban J connectivity index is 1.86. The van der Waals surface area contributed by atoms with E-state index >= 15 is 0 Å². The van der Waals surface area contributed by atoms with E-state index in [-0.39, 0.29) is 12.4 Å². The summed E-state index contributed by atoms with van der Waals surface area (Å²) in [4.78, 5) is 11.5. The second-order valence-corrected chi connectivity index (χ2v) is 4.48. The van der Waals surface area contributed by atoms with Gasteiger partial charge in [-0.25, -0.2) is 9.18 Å². The molecule has 2 rings (SSSR count). The zero-order chi connectivity index (χ0) is 14.4. The minimum absolute atomic E-state index is 0.136. The molecule has 0 saturated heterocycles. The molecular weight excluding hydrogens is 255 g/mol. The van der Waals surface area contributed by atoms with Crippen molar-refractivity contribution in [2.75, 3.05) is 0 Å². The third-order valence-electron chi connectivity index (χ3n) is 2.78. The maximum atomic E-state index is 12.7. The normalized spacial score (nSPS) is 10.7. The Bertz CT molecular complexity index is 598. The topological polar surface area (TPSA) is 26.3 Å². The highest BCUT2D eigenvalue weighted by Crippen LogP contribution is 2.07. The van der Waals surface area contributed by atoms with Gasteiger partial charge in [0.25, 0.3) is 0 Å². The van der Waals surface area contributed by atoms with E-state index in [4.69, 9.17) is 4.74 Å². The van der Waals surface area contributed by atoms with E-state index in [0.29, 0.717) is 0 Å². The van der Waals surface area contributed by atoms with Crippen LogP contribution in [0.4, 0.5) is 4.39 Å². The lowest BCUT2D eigenvalue weighted by Gasteiger charge is -2.02. The first-order valence-electron chi connectivity index (χ1n) is 6.29. The Kier molecular flexibility index (Phi) is 4.66. The molecule has 0 unspecified atom stereocenters. The molecule has 2 aromatic rings. The lowest BCUT2D eigenvalue weighted by molar-refractivity contribution is -0.138. The molecule has 0 heterocycles. The fourth-order valence-electron chi connectivity index (χ4n) is 1.63. The summed E-state index contributed by atoms with van der Waals surface area (Å²) in [5.74, 6) is -0.728. The van der Waals surface area contributed by atoms with E-state index in [9.17, 15) is 9.18 Å². The Morgan fingerprint density at radius 3 is 2.40 bits per heavy atom. The minimum Gasteiger partial charge on any atom is -0.458 e. The summed E-state index contributed by atoms with van der Waals surface area (Å²) in [6.45, 7) is 2.14. The van der Waals surface area contributed by atoms with Crippen LogP contribution in [-0.2, 0) is 16.1 Å². The predicted molar refractivity (Wildman–Crippen MR) is 76.4 cm³/mol. The summed E-state index contributed by atoms with van der Waals surface area (Å²) < 4.78 is 17.8. The van der Waals surface area contributed by atoms with Gasteiger partial charge in [-0.1, -0.05) is 42.0 Å². The Morgan fingerprint density at radius 2 is 1.75 bits per heavy atom. The van der Waals surface area contributed by atoms with Crippen molar-refractivity contribution in [2.24, 2.45) is 0 Å².